The molecule has 100 valence electrons. The number of aromatic nitrogens is 2. The Bertz CT molecular complexity index is 504. The van der Waals surface area contributed by atoms with E-state index in [0.717, 1.165) is 32.1 Å². The molecule has 6 heteroatoms. The maximum Gasteiger partial charge on any atom is 0.305 e. The summed E-state index contributed by atoms with van der Waals surface area (Å²) in [5.41, 5.74) is -0.114. The molecule has 19 heavy (non-hydrogen) atoms. The Labute approximate surface area is 111 Å². The number of carbonyl (C=O) groups is 1. The van der Waals surface area contributed by atoms with Crippen LogP contribution in [-0.2, 0) is 4.79 Å². The summed E-state index contributed by atoms with van der Waals surface area (Å²) in [6.07, 6.45) is 6.14. The molecule has 1 fully saturated rings. The van der Waals surface area contributed by atoms with E-state index in [9.17, 15) is 4.79 Å². The van der Waals surface area contributed by atoms with Gasteiger partial charge in [0.25, 0.3) is 0 Å². The Hall–Kier alpha value is -2.16. The number of nitrogens with one attached hydrogen (secondary N) is 1. The van der Waals surface area contributed by atoms with Gasteiger partial charge >= 0.3 is 5.97 Å². The topological polar surface area (TPSA) is 98.9 Å². The fraction of sp³-hybridized carbons (Fsp3) is 0.538. The van der Waals surface area contributed by atoms with Crippen LogP contribution in [0.4, 0.5) is 5.82 Å². The summed E-state index contributed by atoms with van der Waals surface area (Å²) >= 11 is 0. The number of anilines is 1. The van der Waals surface area contributed by atoms with Gasteiger partial charge in [-0.25, -0.2) is 0 Å². The van der Waals surface area contributed by atoms with Crippen LogP contribution in [-0.4, -0.2) is 26.8 Å². The highest BCUT2D eigenvalue weighted by atomic mass is 16.4. The molecular formula is C13H16N4O2. The molecule has 1 aliphatic carbocycles. The number of carboxylic acids is 1. The predicted octanol–water partition coefficient (Wildman–Crippen LogP) is 1.94. The Morgan fingerprint density at radius 1 is 1.47 bits per heavy atom. The van der Waals surface area contributed by atoms with Gasteiger partial charge < -0.3 is 10.4 Å². The molecule has 0 bridgehead atoms. The molecule has 0 spiro atoms. The van der Waals surface area contributed by atoms with Crippen molar-refractivity contribution in [3.8, 4) is 6.07 Å². The minimum atomic E-state index is -0.836. The Balaban J connectivity index is 2.25. The van der Waals surface area contributed by atoms with Crippen LogP contribution in [0.25, 0.3) is 0 Å². The molecule has 0 aromatic carbocycles. The molecule has 1 aliphatic rings. The van der Waals surface area contributed by atoms with Gasteiger partial charge in [-0.2, -0.15) is 10.4 Å². The van der Waals surface area contributed by atoms with Crippen LogP contribution >= 0.6 is 0 Å². The van der Waals surface area contributed by atoms with Crippen LogP contribution in [0.3, 0.4) is 0 Å². The number of nitriles is 1. The first-order valence-corrected chi connectivity index (χ1v) is 6.37. The monoisotopic (exact) mass is 260 g/mol. The third-order valence-corrected chi connectivity index (χ3v) is 3.53. The third-order valence-electron chi connectivity index (χ3n) is 3.53. The van der Waals surface area contributed by atoms with Crippen LogP contribution in [0.1, 0.15) is 44.1 Å². The fourth-order valence-electron chi connectivity index (χ4n) is 2.63. The number of nitrogens with zero attached hydrogens (tertiary/aromatic N) is 3. The third kappa shape index (κ3) is 3.19. The molecule has 6 nitrogen and oxygen atoms in total. The molecule has 0 unspecified atom stereocenters. The van der Waals surface area contributed by atoms with Gasteiger partial charge in [0, 0.05) is 5.54 Å². The lowest BCUT2D eigenvalue weighted by molar-refractivity contribution is -0.138. The zero-order valence-corrected chi connectivity index (χ0v) is 10.6. The van der Waals surface area contributed by atoms with Crippen LogP contribution in [0.15, 0.2) is 12.3 Å². The van der Waals surface area contributed by atoms with Crippen molar-refractivity contribution in [2.75, 3.05) is 5.32 Å². The summed E-state index contributed by atoms with van der Waals surface area (Å²) < 4.78 is 0. The van der Waals surface area contributed by atoms with Crippen molar-refractivity contribution in [1.82, 2.24) is 10.2 Å². The molecule has 1 aromatic rings. The summed E-state index contributed by atoms with van der Waals surface area (Å²) in [4.78, 5) is 11.1. The second-order valence-corrected chi connectivity index (χ2v) is 4.94. The molecule has 0 amide bonds. The quantitative estimate of drug-likeness (QED) is 0.858. The van der Waals surface area contributed by atoms with Crippen LogP contribution in [0.2, 0.25) is 0 Å². The lowest BCUT2D eigenvalue weighted by atomic mass is 9.79. The largest absolute Gasteiger partial charge is 0.481 e. The lowest BCUT2D eigenvalue weighted by Gasteiger charge is -2.37. The second-order valence-electron chi connectivity index (χ2n) is 4.94. The zero-order chi connectivity index (χ0) is 13.7. The van der Waals surface area contributed by atoms with E-state index in [-0.39, 0.29) is 6.42 Å². The van der Waals surface area contributed by atoms with E-state index in [4.69, 9.17) is 10.4 Å². The molecule has 2 rings (SSSR count). The van der Waals surface area contributed by atoms with Crippen molar-refractivity contribution in [3.05, 3.63) is 17.8 Å². The summed E-state index contributed by atoms with van der Waals surface area (Å²) in [6, 6.07) is 3.62. The van der Waals surface area contributed by atoms with Crippen molar-refractivity contribution in [2.24, 2.45) is 0 Å². The summed E-state index contributed by atoms with van der Waals surface area (Å²) in [5.74, 6) is -0.454. The first-order chi connectivity index (χ1) is 9.15. The second kappa shape index (κ2) is 5.65. The van der Waals surface area contributed by atoms with Crippen molar-refractivity contribution < 1.29 is 9.90 Å². The molecule has 0 aliphatic heterocycles. The van der Waals surface area contributed by atoms with Gasteiger partial charge in [-0.15, -0.1) is 5.10 Å². The van der Waals surface area contributed by atoms with Gasteiger partial charge in [-0.1, -0.05) is 19.3 Å². The van der Waals surface area contributed by atoms with E-state index in [0.29, 0.717) is 11.4 Å². The van der Waals surface area contributed by atoms with E-state index >= 15 is 0 Å². The van der Waals surface area contributed by atoms with E-state index < -0.39 is 11.5 Å². The van der Waals surface area contributed by atoms with Crippen LogP contribution in [0.5, 0.6) is 0 Å². The fourth-order valence-corrected chi connectivity index (χ4v) is 2.63. The van der Waals surface area contributed by atoms with Crippen molar-refractivity contribution in [3.63, 3.8) is 0 Å². The highest BCUT2D eigenvalue weighted by Gasteiger charge is 2.35. The predicted molar refractivity (Wildman–Crippen MR) is 68.4 cm³/mol. The first kappa shape index (κ1) is 13.3. The van der Waals surface area contributed by atoms with E-state index in [2.05, 4.69) is 15.5 Å². The van der Waals surface area contributed by atoms with Gasteiger partial charge in [0.1, 0.15) is 6.07 Å². The maximum atomic E-state index is 11.1. The minimum Gasteiger partial charge on any atom is -0.481 e. The molecule has 0 radical (unpaired) electrons. The average Bonchev–Trinajstić information content (AvgIpc) is 2.39. The number of hydrogen-bond acceptors (Lipinski definition) is 5. The minimum absolute atomic E-state index is 0.0362. The van der Waals surface area contributed by atoms with Gasteiger partial charge in [-0.05, 0) is 18.9 Å². The van der Waals surface area contributed by atoms with Crippen LogP contribution in [0, 0.1) is 11.3 Å². The molecule has 0 atom stereocenters. The Morgan fingerprint density at radius 3 is 2.84 bits per heavy atom. The standard InChI is InChI=1S/C13H16N4O2/c14-9-10-4-7-15-17-12(10)16-13(8-11(18)19)5-2-1-3-6-13/h4,7H,1-3,5-6,8H2,(H,16,17)(H,18,19). The van der Waals surface area contributed by atoms with Crippen molar-refractivity contribution >= 4 is 11.8 Å². The molecule has 1 saturated carbocycles. The molecular weight excluding hydrogens is 244 g/mol. The van der Waals surface area contributed by atoms with E-state index in [1.807, 2.05) is 6.07 Å². The summed E-state index contributed by atoms with van der Waals surface area (Å²) in [5, 5.41) is 29.0. The van der Waals surface area contributed by atoms with E-state index in [1.54, 1.807) is 6.07 Å². The average molecular weight is 260 g/mol. The van der Waals surface area contributed by atoms with Gasteiger partial charge in [-0.3, -0.25) is 4.79 Å². The van der Waals surface area contributed by atoms with Gasteiger partial charge in [0.15, 0.2) is 5.82 Å². The highest BCUT2D eigenvalue weighted by Crippen LogP contribution is 2.34. The number of carboxylic acid groups (broad SMARTS) is 1. The maximum absolute atomic E-state index is 11.1. The Kier molecular flexibility index (Phi) is 3.95. The number of aliphatic carboxylic acids is 1. The molecule has 2 N–H and O–H groups in total. The molecule has 1 heterocycles. The smallest absolute Gasteiger partial charge is 0.305 e. The van der Waals surface area contributed by atoms with Crippen molar-refractivity contribution in [1.29, 1.82) is 5.26 Å². The molecule has 0 saturated heterocycles. The van der Waals surface area contributed by atoms with Gasteiger partial charge in [0.2, 0.25) is 0 Å². The Morgan fingerprint density at radius 2 is 2.21 bits per heavy atom. The molecule has 1 aromatic heterocycles. The summed E-state index contributed by atoms with van der Waals surface area (Å²) in [6.45, 7) is 0. The number of hydrogen-bond donors (Lipinski definition) is 2. The van der Waals surface area contributed by atoms with E-state index in [1.165, 1.54) is 6.20 Å². The normalized spacial score (nSPS) is 17.4. The van der Waals surface area contributed by atoms with Gasteiger partial charge in [0.05, 0.1) is 18.2 Å². The zero-order valence-electron chi connectivity index (χ0n) is 10.6. The van der Waals surface area contributed by atoms with Crippen LogP contribution < -0.4 is 5.32 Å². The highest BCUT2D eigenvalue weighted by molar-refractivity contribution is 5.69. The summed E-state index contributed by atoms with van der Waals surface area (Å²) in [7, 11) is 0. The van der Waals surface area contributed by atoms with Crippen molar-refractivity contribution in [2.45, 2.75) is 44.1 Å². The first-order valence-electron chi connectivity index (χ1n) is 6.37. The SMILES string of the molecule is N#Cc1ccnnc1NC1(CC(=O)O)CCCCC1. The number of rotatable bonds is 4. The lowest BCUT2D eigenvalue weighted by Crippen LogP contribution is -2.42.